The van der Waals surface area contributed by atoms with Crippen LogP contribution in [0.5, 0.6) is 5.75 Å². The molecular weight excluding hydrogens is 370 g/mol. The molecule has 0 aliphatic carbocycles. The van der Waals surface area contributed by atoms with Crippen LogP contribution in [0.1, 0.15) is 0 Å². The van der Waals surface area contributed by atoms with Gasteiger partial charge < -0.3 is 15.0 Å². The fourth-order valence-corrected chi connectivity index (χ4v) is 3.65. The molecule has 0 amide bonds. The molecule has 30 heavy (non-hydrogen) atoms. The molecule has 0 fully saturated rings. The highest BCUT2D eigenvalue weighted by molar-refractivity contribution is 6.07. The quantitative estimate of drug-likeness (QED) is 0.444. The van der Waals surface area contributed by atoms with Crippen molar-refractivity contribution in [1.29, 1.82) is 0 Å². The lowest BCUT2D eigenvalue weighted by Gasteiger charge is -2.18. The highest BCUT2D eigenvalue weighted by atomic mass is 16.5. The molecule has 0 unspecified atom stereocenters. The van der Waals surface area contributed by atoms with E-state index in [-0.39, 0.29) is 0 Å². The van der Waals surface area contributed by atoms with E-state index >= 15 is 0 Å². The highest BCUT2D eigenvalue weighted by Crippen LogP contribution is 2.39. The monoisotopic (exact) mass is 397 g/mol. The van der Waals surface area contributed by atoms with Crippen LogP contribution in [-0.2, 0) is 0 Å². The van der Waals surface area contributed by atoms with Crippen molar-refractivity contribution in [2.24, 2.45) is 0 Å². The first-order chi connectivity index (χ1) is 14.7. The molecule has 0 aliphatic rings. The summed E-state index contributed by atoms with van der Waals surface area (Å²) in [6.07, 6.45) is 0. The van der Waals surface area contributed by atoms with E-state index in [0.717, 1.165) is 52.4 Å². The molecule has 0 saturated carbocycles. The number of methoxy groups -OCH3 is 1. The van der Waals surface area contributed by atoms with Crippen molar-refractivity contribution >= 4 is 16.6 Å². The smallest absolute Gasteiger partial charge is 0.134 e. The van der Waals surface area contributed by atoms with Crippen molar-refractivity contribution in [1.82, 2.24) is 9.88 Å². The van der Waals surface area contributed by atoms with Gasteiger partial charge in [0, 0.05) is 29.6 Å². The van der Waals surface area contributed by atoms with Gasteiger partial charge in [0.15, 0.2) is 0 Å². The molecule has 4 heteroatoms. The number of nitrogens with one attached hydrogen (secondary N) is 1. The number of rotatable bonds is 7. The van der Waals surface area contributed by atoms with E-state index in [1.54, 1.807) is 7.11 Å². The Labute approximate surface area is 178 Å². The fourth-order valence-electron chi connectivity index (χ4n) is 3.65. The van der Waals surface area contributed by atoms with Gasteiger partial charge in [0.25, 0.3) is 0 Å². The Hall–Kier alpha value is -3.37. The van der Waals surface area contributed by atoms with Crippen LogP contribution >= 0.6 is 0 Å². The molecule has 0 spiro atoms. The molecule has 0 aliphatic heterocycles. The van der Waals surface area contributed by atoms with Gasteiger partial charge in [-0.15, -0.1) is 0 Å². The minimum absolute atomic E-state index is 0.833. The Morgan fingerprint density at radius 3 is 2.13 bits per heavy atom. The maximum Gasteiger partial charge on any atom is 0.134 e. The maximum atomic E-state index is 5.36. The van der Waals surface area contributed by atoms with Crippen molar-refractivity contribution in [2.75, 3.05) is 39.6 Å². The zero-order valence-electron chi connectivity index (χ0n) is 17.7. The molecule has 0 bridgehead atoms. The second-order valence-electron chi connectivity index (χ2n) is 7.55. The molecular formula is C26H27N3O. The van der Waals surface area contributed by atoms with Gasteiger partial charge in [-0.1, -0.05) is 66.7 Å². The summed E-state index contributed by atoms with van der Waals surface area (Å²) in [6, 6.07) is 27.1. The predicted octanol–water partition coefficient (Wildman–Crippen LogP) is 5.55. The number of fused-ring (bicyclic) bond motifs is 1. The van der Waals surface area contributed by atoms with Crippen LogP contribution in [0, 0.1) is 0 Å². The molecule has 0 radical (unpaired) electrons. The SMILES string of the molecule is COc1ccc(-c2c(-c3ccccc3)nc(NCCN(C)C)c3ccccc23)cc1. The summed E-state index contributed by atoms with van der Waals surface area (Å²) in [4.78, 5) is 7.29. The minimum Gasteiger partial charge on any atom is -0.497 e. The number of ether oxygens (including phenoxy) is 1. The van der Waals surface area contributed by atoms with Crippen LogP contribution in [0.2, 0.25) is 0 Å². The Morgan fingerprint density at radius 2 is 1.47 bits per heavy atom. The molecule has 1 N–H and O–H groups in total. The third-order valence-electron chi connectivity index (χ3n) is 5.19. The molecule has 4 rings (SSSR count). The largest absolute Gasteiger partial charge is 0.497 e. The zero-order chi connectivity index (χ0) is 20.9. The van der Waals surface area contributed by atoms with Crippen LogP contribution in [0.25, 0.3) is 33.2 Å². The Bertz CT molecular complexity index is 1120. The van der Waals surface area contributed by atoms with Crippen molar-refractivity contribution in [3.8, 4) is 28.1 Å². The van der Waals surface area contributed by atoms with E-state index in [9.17, 15) is 0 Å². The van der Waals surface area contributed by atoms with Gasteiger partial charge in [-0.25, -0.2) is 4.98 Å². The number of nitrogens with zero attached hydrogens (tertiary/aromatic N) is 2. The van der Waals surface area contributed by atoms with Crippen molar-refractivity contribution in [3.05, 3.63) is 78.9 Å². The lowest BCUT2D eigenvalue weighted by atomic mass is 9.93. The van der Waals surface area contributed by atoms with Crippen molar-refractivity contribution in [3.63, 3.8) is 0 Å². The Balaban J connectivity index is 1.94. The van der Waals surface area contributed by atoms with Gasteiger partial charge in [-0.2, -0.15) is 0 Å². The highest BCUT2D eigenvalue weighted by Gasteiger charge is 2.17. The summed E-state index contributed by atoms with van der Waals surface area (Å²) in [5.41, 5.74) is 4.34. The summed E-state index contributed by atoms with van der Waals surface area (Å²) < 4.78 is 5.36. The van der Waals surface area contributed by atoms with E-state index in [1.165, 1.54) is 5.39 Å². The van der Waals surface area contributed by atoms with Gasteiger partial charge in [-0.3, -0.25) is 0 Å². The standard InChI is InChI=1S/C26H27N3O/c1-29(2)18-17-27-26-23-12-8-7-11-22(23)24(19-13-15-21(30-3)16-14-19)25(28-26)20-9-5-4-6-10-20/h4-16H,17-18H2,1-3H3,(H,27,28). The van der Waals surface area contributed by atoms with Crippen LogP contribution in [-0.4, -0.2) is 44.2 Å². The zero-order valence-corrected chi connectivity index (χ0v) is 17.7. The van der Waals surface area contributed by atoms with Crippen LogP contribution in [0.15, 0.2) is 78.9 Å². The number of benzene rings is 3. The first-order valence-corrected chi connectivity index (χ1v) is 10.2. The lowest BCUT2D eigenvalue weighted by molar-refractivity contribution is 0.415. The number of pyridine rings is 1. The van der Waals surface area contributed by atoms with Gasteiger partial charge in [0.1, 0.15) is 11.6 Å². The molecule has 152 valence electrons. The Morgan fingerprint density at radius 1 is 0.800 bits per heavy atom. The summed E-state index contributed by atoms with van der Waals surface area (Å²) in [5, 5.41) is 5.86. The number of hydrogen-bond donors (Lipinski definition) is 1. The molecule has 4 aromatic rings. The van der Waals surface area contributed by atoms with Crippen molar-refractivity contribution < 1.29 is 4.74 Å². The van der Waals surface area contributed by atoms with E-state index in [4.69, 9.17) is 9.72 Å². The molecule has 0 atom stereocenters. The third kappa shape index (κ3) is 4.14. The Kier molecular flexibility index (Phi) is 5.96. The first-order valence-electron chi connectivity index (χ1n) is 10.2. The van der Waals surface area contributed by atoms with Crippen LogP contribution in [0.4, 0.5) is 5.82 Å². The van der Waals surface area contributed by atoms with E-state index in [1.807, 2.05) is 18.2 Å². The van der Waals surface area contributed by atoms with E-state index in [0.29, 0.717) is 0 Å². The third-order valence-corrected chi connectivity index (χ3v) is 5.19. The van der Waals surface area contributed by atoms with Gasteiger partial charge >= 0.3 is 0 Å². The average Bonchev–Trinajstić information content (AvgIpc) is 2.79. The van der Waals surface area contributed by atoms with Gasteiger partial charge in [0.2, 0.25) is 0 Å². The second-order valence-corrected chi connectivity index (χ2v) is 7.55. The predicted molar refractivity (Wildman–Crippen MR) is 126 cm³/mol. The number of likely N-dealkylation sites (N-methyl/N-ethyl adjacent to an activating group) is 1. The second kappa shape index (κ2) is 8.97. The topological polar surface area (TPSA) is 37.4 Å². The average molecular weight is 398 g/mol. The summed E-state index contributed by atoms with van der Waals surface area (Å²) in [5.74, 6) is 1.77. The van der Waals surface area contributed by atoms with Gasteiger partial charge in [0.05, 0.1) is 12.8 Å². The number of aromatic nitrogens is 1. The van der Waals surface area contributed by atoms with Crippen LogP contribution < -0.4 is 10.1 Å². The molecule has 4 nitrogen and oxygen atoms in total. The lowest BCUT2D eigenvalue weighted by Crippen LogP contribution is -2.21. The first kappa shape index (κ1) is 19.9. The summed E-state index contributed by atoms with van der Waals surface area (Å²) in [6.45, 7) is 1.77. The normalized spacial score (nSPS) is 11.1. The van der Waals surface area contributed by atoms with E-state index < -0.39 is 0 Å². The fraction of sp³-hybridized carbons (Fsp3) is 0.192. The number of anilines is 1. The molecule has 3 aromatic carbocycles. The molecule has 0 saturated heterocycles. The van der Waals surface area contributed by atoms with Crippen LogP contribution in [0.3, 0.4) is 0 Å². The number of hydrogen-bond acceptors (Lipinski definition) is 4. The summed E-state index contributed by atoms with van der Waals surface area (Å²) in [7, 11) is 5.85. The molecule has 1 heterocycles. The molecule has 1 aromatic heterocycles. The summed E-state index contributed by atoms with van der Waals surface area (Å²) >= 11 is 0. The van der Waals surface area contributed by atoms with Crippen molar-refractivity contribution in [2.45, 2.75) is 0 Å². The minimum atomic E-state index is 0.833. The van der Waals surface area contributed by atoms with E-state index in [2.05, 4.69) is 85.0 Å². The van der Waals surface area contributed by atoms with Gasteiger partial charge in [-0.05, 0) is 37.2 Å². The maximum absolute atomic E-state index is 5.36.